The van der Waals surface area contributed by atoms with Crippen molar-refractivity contribution in [3.63, 3.8) is 0 Å². The van der Waals surface area contributed by atoms with Gasteiger partial charge in [0.15, 0.2) is 0 Å². The molecule has 9 heteroatoms. The summed E-state index contributed by atoms with van der Waals surface area (Å²) in [4.78, 5) is 17.1. The number of carbonyl (C=O) groups is 1. The second-order valence-corrected chi connectivity index (χ2v) is 7.84. The van der Waals surface area contributed by atoms with E-state index >= 15 is 0 Å². The van der Waals surface area contributed by atoms with Crippen molar-refractivity contribution in [1.82, 2.24) is 19.9 Å². The van der Waals surface area contributed by atoms with Crippen molar-refractivity contribution in [1.29, 1.82) is 0 Å². The van der Waals surface area contributed by atoms with Gasteiger partial charge in [0.05, 0.1) is 27.7 Å². The molecule has 0 spiro atoms. The van der Waals surface area contributed by atoms with Crippen molar-refractivity contribution in [3.8, 4) is 17.1 Å². The van der Waals surface area contributed by atoms with Crippen LogP contribution in [0.5, 0.6) is 0 Å². The molecule has 156 valence electrons. The molecule has 0 radical (unpaired) electrons. The average molecular weight is 438 g/mol. The van der Waals surface area contributed by atoms with E-state index in [1.165, 1.54) is 12.1 Å². The molecule has 31 heavy (non-hydrogen) atoms. The number of hydrogen-bond acceptors (Lipinski definition) is 5. The molecule has 0 bridgehead atoms. The number of nitrogens with zero attached hydrogens (tertiary/aromatic N) is 4. The normalized spacial score (nSPS) is 13.4. The maximum atomic E-state index is 13.2. The van der Waals surface area contributed by atoms with Gasteiger partial charge in [0, 0.05) is 17.7 Å². The lowest BCUT2D eigenvalue weighted by Crippen LogP contribution is -2.12. The summed E-state index contributed by atoms with van der Waals surface area (Å²) in [6.45, 7) is 1.74. The molecule has 5 rings (SSSR count). The van der Waals surface area contributed by atoms with Gasteiger partial charge in [0.1, 0.15) is 5.82 Å². The third-order valence-electron chi connectivity index (χ3n) is 5.08. The van der Waals surface area contributed by atoms with Crippen LogP contribution < -0.4 is 5.32 Å². The molecule has 0 atom stereocenters. The Morgan fingerprint density at radius 1 is 1.23 bits per heavy atom. The highest BCUT2D eigenvalue weighted by molar-refractivity contribution is 6.33. The fraction of sp³-hybridized carbons (Fsp3) is 0.182. The standard InChI is InChI=1S/C22H17ClFN5O2/c1-12-17(21(30)25-19-9-6-15(24)10-18(19)23)11-29(27-12)16-7-4-13(5-8-16)20-26-22(31-28-20)14-2-3-14/h4-11,14H,2-3H2,1H3,(H,25,30). The van der Waals surface area contributed by atoms with Crippen LogP contribution in [0.4, 0.5) is 10.1 Å². The first kappa shape index (κ1) is 19.4. The van der Waals surface area contributed by atoms with E-state index in [2.05, 4.69) is 20.6 Å². The molecule has 2 aromatic carbocycles. The summed E-state index contributed by atoms with van der Waals surface area (Å²) in [6, 6.07) is 11.3. The number of benzene rings is 2. The highest BCUT2D eigenvalue weighted by Crippen LogP contribution is 2.39. The minimum Gasteiger partial charge on any atom is -0.339 e. The lowest BCUT2D eigenvalue weighted by Gasteiger charge is -2.06. The number of aryl methyl sites for hydroxylation is 1. The van der Waals surface area contributed by atoms with Crippen molar-refractivity contribution in [2.75, 3.05) is 5.32 Å². The van der Waals surface area contributed by atoms with Crippen LogP contribution in [0.15, 0.2) is 53.2 Å². The van der Waals surface area contributed by atoms with E-state index in [9.17, 15) is 9.18 Å². The zero-order valence-corrected chi connectivity index (χ0v) is 17.2. The smallest absolute Gasteiger partial charge is 0.259 e. The number of nitrogens with one attached hydrogen (secondary N) is 1. The third kappa shape index (κ3) is 3.94. The molecule has 1 fully saturated rings. The number of hydrogen-bond donors (Lipinski definition) is 1. The van der Waals surface area contributed by atoms with E-state index in [1.54, 1.807) is 17.8 Å². The van der Waals surface area contributed by atoms with Gasteiger partial charge < -0.3 is 9.84 Å². The first-order valence-electron chi connectivity index (χ1n) is 9.75. The zero-order chi connectivity index (χ0) is 21.5. The first-order valence-corrected chi connectivity index (χ1v) is 10.1. The molecule has 0 saturated heterocycles. The topological polar surface area (TPSA) is 85.8 Å². The van der Waals surface area contributed by atoms with Crippen molar-refractivity contribution in [2.45, 2.75) is 25.7 Å². The molecule has 0 unspecified atom stereocenters. The number of carbonyl (C=O) groups excluding carboxylic acids is 1. The maximum absolute atomic E-state index is 13.2. The predicted octanol–water partition coefficient (Wildman–Crippen LogP) is 5.15. The Bertz CT molecular complexity index is 1280. The van der Waals surface area contributed by atoms with E-state index in [-0.39, 0.29) is 10.9 Å². The second kappa shape index (κ2) is 7.63. The van der Waals surface area contributed by atoms with Crippen LogP contribution in [-0.2, 0) is 0 Å². The van der Waals surface area contributed by atoms with Gasteiger partial charge in [0.25, 0.3) is 5.91 Å². The zero-order valence-electron chi connectivity index (χ0n) is 16.5. The van der Waals surface area contributed by atoms with Gasteiger partial charge in [-0.2, -0.15) is 10.1 Å². The quantitative estimate of drug-likeness (QED) is 0.466. The minimum atomic E-state index is -0.472. The number of anilines is 1. The second-order valence-electron chi connectivity index (χ2n) is 7.43. The summed E-state index contributed by atoms with van der Waals surface area (Å²) in [7, 11) is 0. The van der Waals surface area contributed by atoms with Crippen LogP contribution in [0.1, 0.15) is 40.7 Å². The monoisotopic (exact) mass is 437 g/mol. The Morgan fingerprint density at radius 2 is 2.00 bits per heavy atom. The summed E-state index contributed by atoms with van der Waals surface area (Å²) in [5.74, 6) is 0.801. The van der Waals surface area contributed by atoms with Crippen molar-refractivity contribution >= 4 is 23.2 Å². The molecule has 1 aliphatic rings. The van der Waals surface area contributed by atoms with Crippen LogP contribution in [-0.4, -0.2) is 25.8 Å². The van der Waals surface area contributed by atoms with E-state index in [1.807, 2.05) is 24.3 Å². The molecule has 7 nitrogen and oxygen atoms in total. The molecule has 4 aromatic rings. The highest BCUT2D eigenvalue weighted by Gasteiger charge is 2.29. The Morgan fingerprint density at radius 3 is 2.71 bits per heavy atom. The number of aromatic nitrogens is 4. The minimum absolute atomic E-state index is 0.125. The molecule has 1 amide bonds. The van der Waals surface area contributed by atoms with Crippen LogP contribution in [0.25, 0.3) is 17.1 Å². The van der Waals surface area contributed by atoms with E-state index in [0.717, 1.165) is 30.2 Å². The Kier molecular flexibility index (Phi) is 4.78. The maximum Gasteiger partial charge on any atom is 0.259 e. The number of rotatable bonds is 5. The first-order chi connectivity index (χ1) is 15.0. The van der Waals surface area contributed by atoms with Gasteiger partial charge in [-0.15, -0.1) is 0 Å². The van der Waals surface area contributed by atoms with Gasteiger partial charge in [-0.05, 0) is 62.2 Å². The average Bonchev–Trinajstić information content (AvgIpc) is 3.35. The predicted molar refractivity (Wildman–Crippen MR) is 113 cm³/mol. The summed E-state index contributed by atoms with van der Waals surface area (Å²) >= 11 is 6.00. The molecule has 0 aliphatic heterocycles. The Labute approximate surface area is 181 Å². The van der Waals surface area contributed by atoms with Gasteiger partial charge in [-0.25, -0.2) is 9.07 Å². The van der Waals surface area contributed by atoms with Crippen molar-refractivity contribution < 1.29 is 13.7 Å². The Hall–Kier alpha value is -3.52. The third-order valence-corrected chi connectivity index (χ3v) is 5.39. The lowest BCUT2D eigenvalue weighted by molar-refractivity contribution is 0.102. The van der Waals surface area contributed by atoms with E-state index in [0.29, 0.717) is 34.6 Å². The van der Waals surface area contributed by atoms with Crippen LogP contribution in [0, 0.1) is 12.7 Å². The number of halogens is 2. The van der Waals surface area contributed by atoms with E-state index in [4.69, 9.17) is 16.1 Å². The van der Waals surface area contributed by atoms with Crippen LogP contribution >= 0.6 is 11.6 Å². The fourth-order valence-corrected chi connectivity index (χ4v) is 3.42. The van der Waals surface area contributed by atoms with Gasteiger partial charge in [-0.1, -0.05) is 16.8 Å². The highest BCUT2D eigenvalue weighted by atomic mass is 35.5. The molecular formula is C22H17ClFN5O2. The molecule has 1 saturated carbocycles. The largest absolute Gasteiger partial charge is 0.339 e. The molecule has 2 heterocycles. The van der Waals surface area contributed by atoms with Crippen molar-refractivity contribution in [3.05, 3.63) is 76.6 Å². The summed E-state index contributed by atoms with van der Waals surface area (Å²) in [6.07, 6.45) is 3.83. The van der Waals surface area contributed by atoms with Crippen LogP contribution in [0.3, 0.4) is 0 Å². The Balaban J connectivity index is 1.35. The number of amides is 1. The molecule has 2 aromatic heterocycles. The molecule has 1 aliphatic carbocycles. The molecular weight excluding hydrogens is 421 g/mol. The summed E-state index contributed by atoms with van der Waals surface area (Å²) < 4.78 is 20.1. The fourth-order valence-electron chi connectivity index (χ4n) is 3.21. The van der Waals surface area contributed by atoms with Crippen molar-refractivity contribution in [2.24, 2.45) is 0 Å². The van der Waals surface area contributed by atoms with E-state index < -0.39 is 5.82 Å². The SMILES string of the molecule is Cc1nn(-c2ccc(-c3noc(C4CC4)n3)cc2)cc1C(=O)Nc1ccc(F)cc1Cl. The lowest BCUT2D eigenvalue weighted by atomic mass is 10.2. The van der Waals surface area contributed by atoms with Gasteiger partial charge >= 0.3 is 0 Å². The molecule has 1 N–H and O–H groups in total. The summed E-state index contributed by atoms with van der Waals surface area (Å²) in [5.41, 5.74) is 2.88. The summed E-state index contributed by atoms with van der Waals surface area (Å²) in [5, 5.41) is 11.3. The van der Waals surface area contributed by atoms with Gasteiger partial charge in [-0.3, -0.25) is 4.79 Å². The van der Waals surface area contributed by atoms with Crippen LogP contribution in [0.2, 0.25) is 5.02 Å². The van der Waals surface area contributed by atoms with Gasteiger partial charge in [0.2, 0.25) is 11.7 Å².